The van der Waals surface area contributed by atoms with Gasteiger partial charge in [-0.05, 0) is 79.2 Å². The van der Waals surface area contributed by atoms with Gasteiger partial charge in [-0.2, -0.15) is 0 Å². The van der Waals surface area contributed by atoms with E-state index in [-0.39, 0.29) is 23.7 Å². The van der Waals surface area contributed by atoms with E-state index in [9.17, 15) is 14.4 Å². The van der Waals surface area contributed by atoms with Gasteiger partial charge in [0.05, 0.1) is 0 Å². The van der Waals surface area contributed by atoms with E-state index >= 15 is 0 Å². The smallest absolute Gasteiger partial charge is 0.318 e. The third-order valence-corrected chi connectivity index (χ3v) is 8.71. The Bertz CT molecular complexity index is 1540. The van der Waals surface area contributed by atoms with Crippen LogP contribution in [0.3, 0.4) is 0 Å². The van der Waals surface area contributed by atoms with Crippen LogP contribution in [0, 0.1) is 0 Å². The summed E-state index contributed by atoms with van der Waals surface area (Å²) < 4.78 is 0. The molecule has 0 aliphatic rings. The van der Waals surface area contributed by atoms with Crippen LogP contribution in [0.5, 0.6) is 0 Å². The van der Waals surface area contributed by atoms with Crippen LogP contribution in [0.15, 0.2) is 123 Å². The molecule has 0 saturated carbocycles. The minimum atomic E-state index is -0.438. The number of rotatable bonds is 15. The molecule has 5 nitrogen and oxygen atoms in total. The zero-order valence-electron chi connectivity index (χ0n) is 23.8. The summed E-state index contributed by atoms with van der Waals surface area (Å²) in [5.41, 5.74) is 1.94. The quantitative estimate of drug-likeness (QED) is 0.0326. The van der Waals surface area contributed by atoms with E-state index < -0.39 is 5.97 Å². The fourth-order valence-corrected chi connectivity index (χ4v) is 5.88. The van der Waals surface area contributed by atoms with Crippen LogP contribution < -0.4 is 0 Å². The largest absolute Gasteiger partial charge is 0.335 e. The zero-order chi connectivity index (χ0) is 30.4. The molecule has 0 spiro atoms. The maximum atomic E-state index is 13.4. The number of ketones is 2. The molecule has 0 aliphatic heterocycles. The molecule has 0 fully saturated rings. The predicted molar refractivity (Wildman–Crippen MR) is 176 cm³/mol. The number of carbonyl (C=O) groups is 3. The average molecular weight is 630 g/mol. The van der Waals surface area contributed by atoms with E-state index in [2.05, 4.69) is 12.1 Å². The minimum absolute atomic E-state index is 0.0179. The van der Waals surface area contributed by atoms with Crippen LogP contribution in [0.2, 0.25) is 5.02 Å². The van der Waals surface area contributed by atoms with Gasteiger partial charge in [0.25, 0.3) is 0 Å². The number of benzene rings is 4. The maximum Gasteiger partial charge on any atom is 0.335 e. The second kappa shape index (κ2) is 16.8. The van der Waals surface area contributed by atoms with Crippen LogP contribution in [-0.2, 0) is 9.63 Å². The lowest BCUT2D eigenvalue weighted by Crippen LogP contribution is -2.17. The molecule has 0 N–H and O–H groups in total. The van der Waals surface area contributed by atoms with Crippen molar-refractivity contribution in [1.82, 2.24) is 0 Å². The van der Waals surface area contributed by atoms with Crippen LogP contribution in [-0.4, -0.2) is 29.0 Å². The maximum absolute atomic E-state index is 13.4. The Morgan fingerprint density at radius 3 is 1.91 bits per heavy atom. The fourth-order valence-electron chi connectivity index (χ4n) is 4.08. The van der Waals surface area contributed by atoms with Gasteiger partial charge >= 0.3 is 5.97 Å². The lowest BCUT2D eigenvalue weighted by molar-refractivity contribution is -0.143. The van der Waals surface area contributed by atoms with Crippen molar-refractivity contribution in [1.29, 1.82) is 0 Å². The molecule has 0 heterocycles. The first-order valence-electron chi connectivity index (χ1n) is 14.1. The molecule has 0 amide bonds. The molecule has 8 heteroatoms. The highest BCUT2D eigenvalue weighted by Gasteiger charge is 2.17. The first-order valence-corrected chi connectivity index (χ1v) is 16.3. The number of thioether (sulfide) groups is 1. The molecule has 4 aromatic rings. The van der Waals surface area contributed by atoms with Gasteiger partial charge in [0.2, 0.25) is 5.78 Å². The molecule has 0 atom stereocenters. The summed E-state index contributed by atoms with van der Waals surface area (Å²) in [6.45, 7) is 2.06. The zero-order valence-corrected chi connectivity index (χ0v) is 26.2. The fraction of sp³-hybridized carbons (Fsp3) is 0.200. The number of halogens is 1. The molecule has 4 rings (SSSR count). The lowest BCUT2D eigenvalue weighted by Gasteiger charge is -2.08. The predicted octanol–water partition coefficient (Wildman–Crippen LogP) is 9.57. The molecular formula is C35H32ClNO4S2. The summed E-state index contributed by atoms with van der Waals surface area (Å²) >= 11 is 9.08. The molecule has 0 radical (unpaired) electrons. The summed E-state index contributed by atoms with van der Waals surface area (Å²) in [6, 6.07) is 31.4. The standard InChI is InChI=1S/C35H32ClNO4S2/c1-2-3-5-10-33(38)41-37-32(23-24-42-29-21-15-28(36)16-22-29)35(40)27-13-19-31(20-14-27)43-30-17-11-26(12-18-30)34(39)25-8-6-4-7-9-25/h4,6-9,11-22H,2-3,5,10,23-24H2,1H3/b37-32+. The van der Waals surface area contributed by atoms with Crippen LogP contribution >= 0.6 is 35.1 Å². The van der Waals surface area contributed by atoms with Gasteiger partial charge in [0, 0.05) is 55.0 Å². The minimum Gasteiger partial charge on any atom is -0.318 e. The van der Waals surface area contributed by atoms with Crippen molar-refractivity contribution < 1.29 is 19.2 Å². The highest BCUT2D eigenvalue weighted by atomic mass is 35.5. The molecular weight excluding hydrogens is 598 g/mol. The highest BCUT2D eigenvalue weighted by Crippen LogP contribution is 2.29. The van der Waals surface area contributed by atoms with E-state index in [1.54, 1.807) is 36.0 Å². The first-order chi connectivity index (χ1) is 20.9. The van der Waals surface area contributed by atoms with Crippen LogP contribution in [0.4, 0.5) is 0 Å². The van der Waals surface area contributed by atoms with E-state index in [4.69, 9.17) is 16.4 Å². The molecule has 220 valence electrons. The number of carbonyl (C=O) groups excluding carboxylic acids is 3. The van der Waals surface area contributed by atoms with Crippen molar-refractivity contribution in [2.75, 3.05) is 5.75 Å². The Morgan fingerprint density at radius 1 is 0.698 bits per heavy atom. The SMILES string of the molecule is CCCCCC(=O)O/N=C(\CCSc1ccc(Cl)cc1)C(=O)c1ccc(Sc2ccc(C(=O)c3ccccc3)cc2)cc1. The summed E-state index contributed by atoms with van der Waals surface area (Å²) in [5.74, 6) is -0.155. The number of oxime groups is 1. The average Bonchev–Trinajstić information content (AvgIpc) is 3.04. The van der Waals surface area contributed by atoms with Crippen LogP contribution in [0.25, 0.3) is 0 Å². The first kappa shape index (κ1) is 32.3. The van der Waals surface area contributed by atoms with E-state index in [0.29, 0.717) is 33.9 Å². The van der Waals surface area contributed by atoms with Gasteiger partial charge in [-0.25, -0.2) is 4.79 Å². The van der Waals surface area contributed by atoms with Gasteiger partial charge in [0.1, 0.15) is 5.71 Å². The Balaban J connectivity index is 1.40. The van der Waals surface area contributed by atoms with Gasteiger partial charge in [-0.1, -0.05) is 78.6 Å². The third-order valence-electron chi connectivity index (χ3n) is 6.43. The normalized spacial score (nSPS) is 11.3. The second-order valence-electron chi connectivity index (χ2n) is 9.69. The van der Waals surface area contributed by atoms with E-state index in [1.807, 2.05) is 78.9 Å². The van der Waals surface area contributed by atoms with Crippen molar-refractivity contribution in [3.8, 4) is 0 Å². The third kappa shape index (κ3) is 10.2. The Hall–Kier alpha value is -3.65. The molecule has 4 aromatic carbocycles. The van der Waals surface area contributed by atoms with Crippen molar-refractivity contribution >= 4 is 58.4 Å². The van der Waals surface area contributed by atoms with Crippen molar-refractivity contribution in [3.05, 3.63) is 125 Å². The number of hydrogen-bond acceptors (Lipinski definition) is 7. The number of unbranched alkanes of at least 4 members (excludes halogenated alkanes) is 2. The number of hydrogen-bond donors (Lipinski definition) is 0. The molecule has 0 bridgehead atoms. The molecule has 0 aliphatic carbocycles. The van der Waals surface area contributed by atoms with Gasteiger partial charge in [-0.3, -0.25) is 9.59 Å². The van der Waals surface area contributed by atoms with Crippen LogP contribution in [0.1, 0.15) is 65.3 Å². The molecule has 0 saturated heterocycles. The highest BCUT2D eigenvalue weighted by molar-refractivity contribution is 7.99. The Kier molecular flexibility index (Phi) is 12.6. The van der Waals surface area contributed by atoms with Gasteiger partial charge in [-0.15, -0.1) is 11.8 Å². The van der Waals surface area contributed by atoms with Crippen molar-refractivity contribution in [3.63, 3.8) is 0 Å². The summed E-state index contributed by atoms with van der Waals surface area (Å²) in [6.07, 6.45) is 3.26. The molecule has 0 aromatic heterocycles. The second-order valence-corrected chi connectivity index (χ2v) is 12.4. The van der Waals surface area contributed by atoms with Crippen molar-refractivity contribution in [2.24, 2.45) is 5.16 Å². The molecule has 43 heavy (non-hydrogen) atoms. The summed E-state index contributed by atoms with van der Waals surface area (Å²) in [4.78, 5) is 46.3. The van der Waals surface area contributed by atoms with Crippen molar-refractivity contribution in [2.45, 2.75) is 53.7 Å². The van der Waals surface area contributed by atoms with E-state index in [1.165, 1.54) is 11.8 Å². The van der Waals surface area contributed by atoms with Gasteiger partial charge < -0.3 is 4.84 Å². The topological polar surface area (TPSA) is 72.8 Å². The number of nitrogens with zero attached hydrogens (tertiary/aromatic N) is 1. The summed E-state index contributed by atoms with van der Waals surface area (Å²) in [7, 11) is 0. The van der Waals surface area contributed by atoms with E-state index in [0.717, 1.165) is 33.9 Å². The summed E-state index contributed by atoms with van der Waals surface area (Å²) in [5, 5.41) is 4.67. The number of Topliss-reactive ketones (excluding diaryl/α,β-unsaturated/α-hetero) is 1. The monoisotopic (exact) mass is 629 g/mol. The lowest BCUT2D eigenvalue weighted by atomic mass is 10.0. The van der Waals surface area contributed by atoms with Gasteiger partial charge in [0.15, 0.2) is 5.78 Å². The Labute approximate surface area is 266 Å². The Morgan fingerprint density at radius 2 is 1.28 bits per heavy atom. The molecule has 0 unspecified atom stereocenters.